The summed E-state index contributed by atoms with van der Waals surface area (Å²) in [6, 6.07) is 8.80. The fraction of sp³-hybridized carbons (Fsp3) is 0.263. The van der Waals surface area contributed by atoms with Crippen LogP contribution in [0.1, 0.15) is 12.8 Å². The third kappa shape index (κ3) is 4.14. The summed E-state index contributed by atoms with van der Waals surface area (Å²) in [5.74, 6) is -1.77. The van der Waals surface area contributed by atoms with Crippen molar-refractivity contribution in [3.8, 4) is 0 Å². The van der Waals surface area contributed by atoms with Crippen LogP contribution >= 0.6 is 11.3 Å². The Balaban J connectivity index is 1.48. The maximum atomic E-state index is 13.3. The summed E-state index contributed by atoms with van der Waals surface area (Å²) in [4.78, 5) is 16.9. The molecule has 1 saturated heterocycles. The number of hydrogen-bond acceptors (Lipinski definition) is 5. The molecule has 4 rings (SSSR count). The molecule has 1 aliphatic heterocycles. The fourth-order valence-electron chi connectivity index (χ4n) is 3.29. The fourth-order valence-corrected chi connectivity index (χ4v) is 5.71. The molecule has 0 unspecified atom stereocenters. The maximum absolute atomic E-state index is 13.3. The van der Waals surface area contributed by atoms with Crippen LogP contribution in [-0.4, -0.2) is 36.7 Å². The van der Waals surface area contributed by atoms with Crippen molar-refractivity contribution >= 4 is 42.6 Å². The molecule has 29 heavy (non-hydrogen) atoms. The molecule has 2 heterocycles. The first-order valence-corrected chi connectivity index (χ1v) is 11.2. The van der Waals surface area contributed by atoms with Crippen LogP contribution in [0, 0.1) is 17.6 Å². The van der Waals surface area contributed by atoms with Crippen LogP contribution < -0.4 is 5.32 Å². The van der Waals surface area contributed by atoms with Gasteiger partial charge in [0.25, 0.3) is 0 Å². The van der Waals surface area contributed by atoms with Crippen molar-refractivity contribution in [2.45, 2.75) is 17.7 Å². The second-order valence-electron chi connectivity index (χ2n) is 6.78. The van der Waals surface area contributed by atoms with E-state index in [-0.39, 0.29) is 23.2 Å². The first-order valence-electron chi connectivity index (χ1n) is 8.95. The van der Waals surface area contributed by atoms with Crippen LogP contribution in [0.25, 0.3) is 10.2 Å². The van der Waals surface area contributed by atoms with Crippen molar-refractivity contribution in [1.29, 1.82) is 0 Å². The molecule has 0 bridgehead atoms. The van der Waals surface area contributed by atoms with Crippen molar-refractivity contribution in [3.05, 3.63) is 54.1 Å². The van der Waals surface area contributed by atoms with Gasteiger partial charge in [-0.1, -0.05) is 11.3 Å². The van der Waals surface area contributed by atoms with Crippen LogP contribution in [0.3, 0.4) is 0 Å². The van der Waals surface area contributed by atoms with Gasteiger partial charge in [-0.3, -0.25) is 4.79 Å². The molecule has 1 fully saturated rings. The molecule has 0 spiro atoms. The normalized spacial score (nSPS) is 18.1. The van der Waals surface area contributed by atoms with Gasteiger partial charge in [-0.2, -0.15) is 4.31 Å². The number of anilines is 1. The van der Waals surface area contributed by atoms with Gasteiger partial charge in [-0.25, -0.2) is 22.2 Å². The minimum atomic E-state index is -3.81. The van der Waals surface area contributed by atoms with Crippen molar-refractivity contribution in [1.82, 2.24) is 9.29 Å². The first-order chi connectivity index (χ1) is 13.8. The van der Waals surface area contributed by atoms with Gasteiger partial charge < -0.3 is 5.32 Å². The number of thiazole rings is 1. The van der Waals surface area contributed by atoms with E-state index >= 15 is 0 Å². The van der Waals surface area contributed by atoms with E-state index in [4.69, 9.17) is 0 Å². The number of aromatic nitrogens is 1. The zero-order valence-electron chi connectivity index (χ0n) is 15.1. The monoisotopic (exact) mass is 437 g/mol. The molecule has 6 nitrogen and oxygen atoms in total. The van der Waals surface area contributed by atoms with Gasteiger partial charge in [-0.05, 0) is 55.3 Å². The number of carbonyl (C=O) groups is 1. The third-order valence-corrected chi connectivity index (χ3v) is 7.60. The number of hydrogen-bond donors (Lipinski definition) is 1. The summed E-state index contributed by atoms with van der Waals surface area (Å²) in [6.07, 6.45) is 1.07. The second-order valence-corrected chi connectivity index (χ2v) is 9.75. The van der Waals surface area contributed by atoms with Gasteiger partial charge in [0, 0.05) is 13.1 Å². The molecule has 1 N–H and O–H groups in total. The molecule has 1 atom stereocenters. The smallest absolute Gasteiger partial charge is 0.243 e. The van der Waals surface area contributed by atoms with E-state index in [0.29, 0.717) is 34.7 Å². The van der Waals surface area contributed by atoms with Crippen LogP contribution in [0.15, 0.2) is 47.4 Å². The van der Waals surface area contributed by atoms with E-state index < -0.39 is 21.8 Å². The van der Waals surface area contributed by atoms with Crippen LogP contribution in [-0.2, 0) is 14.8 Å². The summed E-state index contributed by atoms with van der Waals surface area (Å²) in [7, 11) is -3.81. The first kappa shape index (κ1) is 19.9. The highest BCUT2D eigenvalue weighted by atomic mass is 32.2. The molecule has 1 aromatic heterocycles. The summed E-state index contributed by atoms with van der Waals surface area (Å²) in [5, 5.41) is 3.06. The SMILES string of the molecule is O=C(Nc1nc2ccc(F)cc2s1)[C@H]1CCCN(S(=O)(=O)c2ccc(F)cc2)C1. The van der Waals surface area contributed by atoms with Gasteiger partial charge in [0.05, 0.1) is 21.0 Å². The van der Waals surface area contributed by atoms with E-state index in [9.17, 15) is 22.0 Å². The van der Waals surface area contributed by atoms with Gasteiger partial charge in [0.1, 0.15) is 11.6 Å². The number of amides is 1. The number of nitrogens with zero attached hydrogens (tertiary/aromatic N) is 2. The quantitative estimate of drug-likeness (QED) is 0.676. The molecule has 1 amide bonds. The molecule has 1 aliphatic rings. The zero-order valence-corrected chi connectivity index (χ0v) is 16.8. The number of fused-ring (bicyclic) bond motifs is 1. The van der Waals surface area contributed by atoms with Crippen molar-refractivity contribution in [2.75, 3.05) is 18.4 Å². The predicted octanol–water partition coefficient (Wildman–Crippen LogP) is 3.61. The van der Waals surface area contributed by atoms with Gasteiger partial charge in [0.2, 0.25) is 15.9 Å². The summed E-state index contributed by atoms with van der Waals surface area (Å²) >= 11 is 1.16. The number of nitrogens with one attached hydrogen (secondary N) is 1. The Bertz CT molecular complexity index is 1160. The summed E-state index contributed by atoms with van der Waals surface area (Å²) < 4.78 is 53.9. The Kier molecular flexibility index (Phi) is 5.32. The average molecular weight is 437 g/mol. The van der Waals surface area contributed by atoms with Gasteiger partial charge >= 0.3 is 0 Å². The zero-order chi connectivity index (χ0) is 20.6. The minimum absolute atomic E-state index is 0.00634. The van der Waals surface area contributed by atoms with E-state index in [1.807, 2.05) is 0 Å². The number of halogens is 2. The molecular weight excluding hydrogens is 420 g/mol. The molecular formula is C19H17F2N3O3S2. The highest BCUT2D eigenvalue weighted by molar-refractivity contribution is 7.89. The largest absolute Gasteiger partial charge is 0.302 e. The number of benzene rings is 2. The molecule has 3 aromatic rings. The number of rotatable bonds is 4. The molecule has 0 aliphatic carbocycles. The van der Waals surface area contributed by atoms with Crippen molar-refractivity contribution in [3.63, 3.8) is 0 Å². The van der Waals surface area contributed by atoms with E-state index in [1.54, 1.807) is 0 Å². The Labute approximate surface area is 170 Å². The van der Waals surface area contributed by atoms with Crippen LogP contribution in [0.4, 0.5) is 13.9 Å². The Morgan fingerprint density at radius 2 is 1.86 bits per heavy atom. The maximum Gasteiger partial charge on any atom is 0.243 e. The van der Waals surface area contributed by atoms with Gasteiger partial charge in [-0.15, -0.1) is 0 Å². The standard InChI is InChI=1S/C19H17F2N3O3S2/c20-13-3-6-15(7-4-13)29(26,27)24-9-1-2-12(11-24)18(25)23-19-22-16-8-5-14(21)10-17(16)28-19/h3-8,10,12H,1-2,9,11H2,(H,22,23,25)/t12-/m0/s1. The highest BCUT2D eigenvalue weighted by Crippen LogP contribution is 2.29. The predicted molar refractivity (Wildman–Crippen MR) is 106 cm³/mol. The van der Waals surface area contributed by atoms with E-state index in [1.165, 1.54) is 34.6 Å². The second kappa shape index (κ2) is 7.77. The topological polar surface area (TPSA) is 79.4 Å². The van der Waals surface area contributed by atoms with Crippen LogP contribution in [0.2, 0.25) is 0 Å². The average Bonchev–Trinajstić information content (AvgIpc) is 3.09. The molecule has 2 aromatic carbocycles. The molecule has 10 heteroatoms. The third-order valence-electron chi connectivity index (χ3n) is 4.79. The lowest BCUT2D eigenvalue weighted by Gasteiger charge is -2.31. The highest BCUT2D eigenvalue weighted by Gasteiger charge is 2.33. The lowest BCUT2D eigenvalue weighted by atomic mass is 9.99. The molecule has 0 saturated carbocycles. The van der Waals surface area contributed by atoms with E-state index in [2.05, 4.69) is 10.3 Å². The van der Waals surface area contributed by atoms with Gasteiger partial charge in [0.15, 0.2) is 5.13 Å². The Hall–Kier alpha value is -2.43. The lowest BCUT2D eigenvalue weighted by molar-refractivity contribution is -0.120. The number of carbonyl (C=O) groups excluding carboxylic acids is 1. The van der Waals surface area contributed by atoms with Crippen LogP contribution in [0.5, 0.6) is 0 Å². The Morgan fingerprint density at radius 3 is 2.62 bits per heavy atom. The summed E-state index contributed by atoms with van der Waals surface area (Å²) in [5.41, 5.74) is 0.579. The van der Waals surface area contributed by atoms with E-state index in [0.717, 1.165) is 23.5 Å². The molecule has 152 valence electrons. The van der Waals surface area contributed by atoms with Crippen molar-refractivity contribution < 1.29 is 22.0 Å². The lowest BCUT2D eigenvalue weighted by Crippen LogP contribution is -2.43. The van der Waals surface area contributed by atoms with Crippen molar-refractivity contribution in [2.24, 2.45) is 5.92 Å². The number of sulfonamides is 1. The Morgan fingerprint density at radius 1 is 1.14 bits per heavy atom. The summed E-state index contributed by atoms with van der Waals surface area (Å²) in [6.45, 7) is 0.328. The number of piperidine rings is 1. The minimum Gasteiger partial charge on any atom is -0.302 e. The molecule has 0 radical (unpaired) electrons.